The first-order valence-corrected chi connectivity index (χ1v) is 8.64. The normalized spacial score (nSPS) is 11.8. The van der Waals surface area contributed by atoms with Crippen molar-refractivity contribution in [3.8, 4) is 0 Å². The predicted octanol–water partition coefficient (Wildman–Crippen LogP) is 3.64. The van der Waals surface area contributed by atoms with Crippen LogP contribution in [0.15, 0.2) is 42.9 Å². The number of hydrogen-bond donors (Lipinski definition) is 1. The molecule has 0 amide bonds. The van der Waals surface area contributed by atoms with Crippen molar-refractivity contribution in [2.24, 2.45) is 7.05 Å². The van der Waals surface area contributed by atoms with Crippen molar-refractivity contribution in [1.29, 1.82) is 0 Å². The van der Waals surface area contributed by atoms with Gasteiger partial charge in [-0.25, -0.2) is 4.98 Å². The number of aryl methyl sites for hydroxylation is 1. The standard InChI is InChI=1S/C20H23N5/c1-24(2)10-4-7-22-20-19-16-11-15-13-21-8-5-14(15)12-18(16)25(3)17(19)6-9-23-20/h5-6,8-9,11-13H,4,7,10H2,1-3H3,(H,22,23). The molecule has 0 spiro atoms. The third kappa shape index (κ3) is 2.81. The Labute approximate surface area is 147 Å². The first-order valence-electron chi connectivity index (χ1n) is 8.64. The lowest BCUT2D eigenvalue weighted by Crippen LogP contribution is -2.16. The van der Waals surface area contributed by atoms with Crippen LogP contribution >= 0.6 is 0 Å². The third-order valence-electron chi connectivity index (χ3n) is 4.75. The number of aromatic nitrogens is 3. The summed E-state index contributed by atoms with van der Waals surface area (Å²) < 4.78 is 2.25. The van der Waals surface area contributed by atoms with E-state index in [9.17, 15) is 0 Å². The van der Waals surface area contributed by atoms with Crippen LogP contribution in [0.25, 0.3) is 32.6 Å². The number of fused-ring (bicyclic) bond motifs is 4. The van der Waals surface area contributed by atoms with Gasteiger partial charge in [0.1, 0.15) is 5.82 Å². The van der Waals surface area contributed by atoms with Crippen LogP contribution in [-0.2, 0) is 7.05 Å². The Morgan fingerprint density at radius 2 is 1.96 bits per heavy atom. The second-order valence-corrected chi connectivity index (χ2v) is 6.79. The minimum absolute atomic E-state index is 0.913. The molecule has 0 unspecified atom stereocenters. The monoisotopic (exact) mass is 333 g/mol. The molecule has 0 aliphatic carbocycles. The van der Waals surface area contributed by atoms with Gasteiger partial charge in [-0.3, -0.25) is 4.98 Å². The topological polar surface area (TPSA) is 46.0 Å². The van der Waals surface area contributed by atoms with E-state index in [1.165, 1.54) is 27.2 Å². The Morgan fingerprint density at radius 1 is 1.08 bits per heavy atom. The minimum Gasteiger partial charge on any atom is -0.369 e. The fourth-order valence-corrected chi connectivity index (χ4v) is 3.46. The summed E-state index contributed by atoms with van der Waals surface area (Å²) in [5.41, 5.74) is 2.42. The molecule has 0 saturated carbocycles. The SMILES string of the molecule is CN(C)CCCNc1nccc2c1c1cc3cnccc3cc1n2C. The highest BCUT2D eigenvalue weighted by molar-refractivity contribution is 6.16. The minimum atomic E-state index is 0.913. The zero-order chi connectivity index (χ0) is 17.4. The average Bonchev–Trinajstić information content (AvgIpc) is 2.90. The average molecular weight is 333 g/mol. The summed E-state index contributed by atoms with van der Waals surface area (Å²) in [4.78, 5) is 11.1. The van der Waals surface area contributed by atoms with E-state index < -0.39 is 0 Å². The maximum absolute atomic E-state index is 4.61. The Balaban J connectivity index is 1.84. The smallest absolute Gasteiger partial charge is 0.136 e. The molecule has 4 aromatic rings. The van der Waals surface area contributed by atoms with Crippen LogP contribution in [0.2, 0.25) is 0 Å². The molecule has 1 N–H and O–H groups in total. The first-order chi connectivity index (χ1) is 12.1. The quantitative estimate of drug-likeness (QED) is 0.567. The molecular weight excluding hydrogens is 310 g/mol. The molecule has 5 nitrogen and oxygen atoms in total. The fraction of sp³-hybridized carbons (Fsp3) is 0.300. The van der Waals surface area contributed by atoms with Crippen molar-refractivity contribution in [1.82, 2.24) is 19.4 Å². The summed E-state index contributed by atoms with van der Waals surface area (Å²) in [5.74, 6) is 0.963. The van der Waals surface area contributed by atoms with E-state index in [2.05, 4.69) is 70.2 Å². The molecule has 3 heterocycles. The Kier molecular flexibility index (Phi) is 4.01. The van der Waals surface area contributed by atoms with E-state index in [1.807, 2.05) is 18.6 Å². The van der Waals surface area contributed by atoms with Gasteiger partial charge in [0.2, 0.25) is 0 Å². The van der Waals surface area contributed by atoms with Crippen LogP contribution in [0, 0.1) is 0 Å². The lowest BCUT2D eigenvalue weighted by atomic mass is 10.1. The van der Waals surface area contributed by atoms with Crippen LogP contribution in [0.1, 0.15) is 6.42 Å². The highest BCUT2D eigenvalue weighted by Crippen LogP contribution is 2.34. The van der Waals surface area contributed by atoms with Crippen molar-refractivity contribution in [3.05, 3.63) is 42.9 Å². The zero-order valence-electron chi connectivity index (χ0n) is 15.0. The molecule has 0 saturated heterocycles. The Hall–Kier alpha value is -2.66. The molecule has 0 fully saturated rings. The number of hydrogen-bond acceptors (Lipinski definition) is 4. The fourth-order valence-electron chi connectivity index (χ4n) is 3.46. The van der Waals surface area contributed by atoms with Gasteiger partial charge in [0.05, 0.1) is 5.52 Å². The molecule has 0 atom stereocenters. The molecule has 0 radical (unpaired) electrons. The molecule has 4 rings (SSSR count). The van der Waals surface area contributed by atoms with Crippen molar-refractivity contribution >= 4 is 38.4 Å². The maximum Gasteiger partial charge on any atom is 0.136 e. The molecule has 3 aromatic heterocycles. The summed E-state index contributed by atoms with van der Waals surface area (Å²) in [6, 6.07) is 8.61. The molecule has 25 heavy (non-hydrogen) atoms. The Bertz CT molecular complexity index is 1050. The summed E-state index contributed by atoms with van der Waals surface area (Å²) in [6.45, 7) is 1.98. The number of nitrogens with one attached hydrogen (secondary N) is 1. The second kappa shape index (κ2) is 6.33. The Morgan fingerprint density at radius 3 is 2.80 bits per heavy atom. The molecule has 5 heteroatoms. The van der Waals surface area contributed by atoms with Crippen LogP contribution in [-0.4, -0.2) is 46.6 Å². The van der Waals surface area contributed by atoms with E-state index in [0.29, 0.717) is 0 Å². The van der Waals surface area contributed by atoms with Gasteiger partial charge in [-0.1, -0.05) is 0 Å². The van der Waals surface area contributed by atoms with Crippen LogP contribution in [0.4, 0.5) is 5.82 Å². The number of benzene rings is 1. The molecule has 128 valence electrons. The van der Waals surface area contributed by atoms with Crippen molar-refractivity contribution in [2.45, 2.75) is 6.42 Å². The van der Waals surface area contributed by atoms with Gasteiger partial charge in [-0.2, -0.15) is 0 Å². The lowest BCUT2D eigenvalue weighted by molar-refractivity contribution is 0.405. The molecule has 0 aliphatic rings. The number of anilines is 1. The van der Waals surface area contributed by atoms with Gasteiger partial charge in [-0.05, 0) is 56.7 Å². The zero-order valence-corrected chi connectivity index (χ0v) is 15.0. The van der Waals surface area contributed by atoms with Crippen LogP contribution < -0.4 is 5.32 Å². The molecular formula is C20H23N5. The first kappa shape index (κ1) is 15.8. The highest BCUT2D eigenvalue weighted by Gasteiger charge is 2.13. The van der Waals surface area contributed by atoms with Crippen LogP contribution in [0.5, 0.6) is 0 Å². The predicted molar refractivity (Wildman–Crippen MR) is 105 cm³/mol. The van der Waals surface area contributed by atoms with Gasteiger partial charge in [-0.15, -0.1) is 0 Å². The maximum atomic E-state index is 4.61. The van der Waals surface area contributed by atoms with Gasteiger partial charge in [0.25, 0.3) is 0 Å². The number of nitrogens with zero attached hydrogens (tertiary/aromatic N) is 4. The van der Waals surface area contributed by atoms with E-state index in [1.54, 1.807) is 0 Å². The largest absolute Gasteiger partial charge is 0.369 e. The summed E-state index contributed by atoms with van der Waals surface area (Å²) in [7, 11) is 6.32. The van der Waals surface area contributed by atoms with E-state index in [0.717, 1.165) is 30.7 Å². The van der Waals surface area contributed by atoms with Crippen molar-refractivity contribution in [3.63, 3.8) is 0 Å². The summed E-state index contributed by atoms with van der Waals surface area (Å²) in [6.07, 6.45) is 6.74. The number of pyridine rings is 2. The second-order valence-electron chi connectivity index (χ2n) is 6.79. The molecule has 1 aromatic carbocycles. The van der Waals surface area contributed by atoms with Gasteiger partial charge in [0.15, 0.2) is 0 Å². The third-order valence-corrected chi connectivity index (χ3v) is 4.75. The molecule has 0 bridgehead atoms. The van der Waals surface area contributed by atoms with Crippen molar-refractivity contribution in [2.75, 3.05) is 32.5 Å². The van der Waals surface area contributed by atoms with Gasteiger partial charge < -0.3 is 14.8 Å². The van der Waals surface area contributed by atoms with E-state index in [4.69, 9.17) is 0 Å². The van der Waals surface area contributed by atoms with Crippen molar-refractivity contribution < 1.29 is 0 Å². The van der Waals surface area contributed by atoms with E-state index >= 15 is 0 Å². The highest BCUT2D eigenvalue weighted by atomic mass is 15.1. The summed E-state index contributed by atoms with van der Waals surface area (Å²) in [5, 5.41) is 8.31. The molecule has 0 aliphatic heterocycles. The van der Waals surface area contributed by atoms with Crippen LogP contribution in [0.3, 0.4) is 0 Å². The van der Waals surface area contributed by atoms with E-state index in [-0.39, 0.29) is 0 Å². The van der Waals surface area contributed by atoms with Gasteiger partial charge >= 0.3 is 0 Å². The lowest BCUT2D eigenvalue weighted by Gasteiger charge is -2.11. The van der Waals surface area contributed by atoms with Gasteiger partial charge in [0, 0.05) is 53.9 Å². The number of rotatable bonds is 5. The summed E-state index contributed by atoms with van der Waals surface area (Å²) >= 11 is 0.